The standard InChI is InChI=1S/C10H13N5O4S.ClH/c11-8-13-9(15-14-8)20-2-1-10(12,7(18)19)5-3(2)4(5)6(16)17;/h2-5H,1,12H2,(H,16,17)(H,18,19)(H3,11,13,14,15);1H/t2-,3+,4+,5+,10+;/m1./s1. The smallest absolute Gasteiger partial charge is 0.324 e. The first-order valence-electron chi connectivity index (χ1n) is 5.94. The molecule has 21 heavy (non-hydrogen) atoms. The average molecular weight is 336 g/mol. The summed E-state index contributed by atoms with van der Waals surface area (Å²) in [5, 5.41) is 24.9. The number of nitrogens with one attached hydrogen (secondary N) is 1. The van der Waals surface area contributed by atoms with Gasteiger partial charge in [-0.25, -0.2) is 5.10 Å². The summed E-state index contributed by atoms with van der Waals surface area (Å²) in [4.78, 5) is 26.4. The highest BCUT2D eigenvalue weighted by atomic mass is 35.5. The number of nitrogen functional groups attached to an aromatic ring is 1. The number of nitrogens with two attached hydrogens (primary N) is 2. The van der Waals surface area contributed by atoms with Gasteiger partial charge in [0, 0.05) is 11.2 Å². The number of carboxylic acid groups (broad SMARTS) is 2. The maximum absolute atomic E-state index is 11.3. The van der Waals surface area contributed by atoms with Gasteiger partial charge in [0.2, 0.25) is 11.1 Å². The predicted molar refractivity (Wildman–Crippen MR) is 75.0 cm³/mol. The topological polar surface area (TPSA) is 168 Å². The van der Waals surface area contributed by atoms with Crippen LogP contribution in [0.1, 0.15) is 6.42 Å². The third-order valence-corrected chi connectivity index (χ3v) is 5.24. The highest BCUT2D eigenvalue weighted by Gasteiger charge is 2.74. The number of aromatic nitrogens is 3. The van der Waals surface area contributed by atoms with Crippen LogP contribution in [0.3, 0.4) is 0 Å². The molecule has 1 aromatic heterocycles. The summed E-state index contributed by atoms with van der Waals surface area (Å²) in [6.45, 7) is 0. The molecule has 0 amide bonds. The molecular formula is C10H14ClN5O4S. The van der Waals surface area contributed by atoms with Crippen molar-refractivity contribution in [3.05, 3.63) is 0 Å². The van der Waals surface area contributed by atoms with Crippen molar-refractivity contribution in [1.29, 1.82) is 0 Å². The number of hydrogen-bond donors (Lipinski definition) is 5. The van der Waals surface area contributed by atoms with Crippen molar-refractivity contribution in [3.63, 3.8) is 0 Å². The normalized spacial score (nSPS) is 36.6. The summed E-state index contributed by atoms with van der Waals surface area (Å²) >= 11 is 1.22. The molecule has 0 saturated heterocycles. The van der Waals surface area contributed by atoms with Gasteiger partial charge in [0.1, 0.15) is 5.54 Å². The number of carboxylic acids is 2. The van der Waals surface area contributed by atoms with Crippen molar-refractivity contribution in [3.8, 4) is 0 Å². The number of hydrogen-bond acceptors (Lipinski definition) is 7. The molecule has 3 rings (SSSR count). The summed E-state index contributed by atoms with van der Waals surface area (Å²) in [6, 6.07) is 0. The minimum Gasteiger partial charge on any atom is -0.481 e. The van der Waals surface area contributed by atoms with Gasteiger partial charge in [-0.2, -0.15) is 4.98 Å². The van der Waals surface area contributed by atoms with Gasteiger partial charge in [-0.05, 0) is 12.3 Å². The molecule has 1 aromatic rings. The third kappa shape index (κ3) is 2.32. The Morgan fingerprint density at radius 3 is 2.57 bits per heavy atom. The van der Waals surface area contributed by atoms with E-state index in [0.29, 0.717) is 5.16 Å². The lowest BCUT2D eigenvalue weighted by atomic mass is 9.91. The zero-order valence-electron chi connectivity index (χ0n) is 10.6. The van der Waals surface area contributed by atoms with E-state index in [0.717, 1.165) is 0 Å². The fourth-order valence-corrected chi connectivity index (χ4v) is 4.56. The van der Waals surface area contributed by atoms with E-state index in [1.807, 2.05) is 0 Å². The highest BCUT2D eigenvalue weighted by molar-refractivity contribution is 7.99. The molecule has 0 spiro atoms. The van der Waals surface area contributed by atoms with E-state index < -0.39 is 29.3 Å². The molecule has 0 bridgehead atoms. The van der Waals surface area contributed by atoms with Crippen LogP contribution in [0, 0.1) is 17.8 Å². The molecule has 1 heterocycles. The van der Waals surface area contributed by atoms with Crippen LogP contribution in [-0.2, 0) is 9.59 Å². The Bertz CT molecular complexity index is 598. The van der Waals surface area contributed by atoms with Crippen LogP contribution < -0.4 is 11.5 Å². The Hall–Kier alpha value is -1.52. The summed E-state index contributed by atoms with van der Waals surface area (Å²) in [7, 11) is 0. The zero-order valence-corrected chi connectivity index (χ0v) is 12.2. The lowest BCUT2D eigenvalue weighted by Crippen LogP contribution is -2.50. The lowest BCUT2D eigenvalue weighted by Gasteiger charge is -2.23. The molecule has 116 valence electrons. The van der Waals surface area contributed by atoms with Gasteiger partial charge >= 0.3 is 11.9 Å². The van der Waals surface area contributed by atoms with Crippen LogP contribution in [0.4, 0.5) is 5.95 Å². The van der Waals surface area contributed by atoms with Gasteiger partial charge in [-0.1, -0.05) is 11.8 Å². The minimum absolute atomic E-state index is 0. The Balaban J connectivity index is 0.00000161. The molecule has 9 nitrogen and oxygen atoms in total. The summed E-state index contributed by atoms with van der Waals surface area (Å²) in [5.41, 5.74) is 9.84. The second kappa shape index (κ2) is 5.04. The first-order valence-corrected chi connectivity index (χ1v) is 6.82. The van der Waals surface area contributed by atoms with Crippen molar-refractivity contribution in [2.75, 3.05) is 5.73 Å². The molecule has 0 unspecified atom stereocenters. The van der Waals surface area contributed by atoms with E-state index in [1.54, 1.807) is 0 Å². The number of carbonyl (C=O) groups is 2. The van der Waals surface area contributed by atoms with E-state index in [2.05, 4.69) is 15.2 Å². The molecule has 2 aliphatic carbocycles. The lowest BCUT2D eigenvalue weighted by molar-refractivity contribution is -0.145. The SMILES string of the molecule is Cl.Nc1nc(S[C@@H]2C[C@@](N)(C(=O)O)[C@@H]3[C@@H](C(=O)O)[C@@H]32)n[nH]1. The first kappa shape index (κ1) is 15.9. The largest absolute Gasteiger partial charge is 0.481 e. The number of H-pyrrole nitrogens is 1. The van der Waals surface area contributed by atoms with Gasteiger partial charge in [-0.15, -0.1) is 17.5 Å². The molecule has 7 N–H and O–H groups in total. The van der Waals surface area contributed by atoms with Crippen LogP contribution in [0.15, 0.2) is 5.16 Å². The van der Waals surface area contributed by atoms with Gasteiger partial charge in [0.15, 0.2) is 0 Å². The number of anilines is 1. The number of aliphatic carboxylic acids is 2. The van der Waals surface area contributed by atoms with Crippen LogP contribution in [0.25, 0.3) is 0 Å². The number of aromatic amines is 1. The van der Waals surface area contributed by atoms with Gasteiger partial charge in [0.05, 0.1) is 5.92 Å². The average Bonchev–Trinajstić information content (AvgIpc) is 2.90. The van der Waals surface area contributed by atoms with E-state index in [9.17, 15) is 14.7 Å². The van der Waals surface area contributed by atoms with Crippen molar-refractivity contribution in [1.82, 2.24) is 15.2 Å². The molecule has 5 atom stereocenters. The van der Waals surface area contributed by atoms with Gasteiger partial charge < -0.3 is 21.7 Å². The number of nitrogens with zero attached hydrogens (tertiary/aromatic N) is 2. The summed E-state index contributed by atoms with van der Waals surface area (Å²) in [6.07, 6.45) is 0.195. The maximum Gasteiger partial charge on any atom is 0.324 e. The van der Waals surface area contributed by atoms with E-state index >= 15 is 0 Å². The van der Waals surface area contributed by atoms with Crippen LogP contribution >= 0.6 is 24.2 Å². The molecule has 11 heteroatoms. The number of rotatable bonds is 4. The van der Waals surface area contributed by atoms with E-state index in [-0.39, 0.29) is 35.9 Å². The zero-order chi connectivity index (χ0) is 14.7. The minimum atomic E-state index is -1.49. The second-order valence-corrected chi connectivity index (χ2v) is 6.38. The van der Waals surface area contributed by atoms with Crippen molar-refractivity contribution >= 4 is 42.1 Å². The molecule has 2 fully saturated rings. The fraction of sp³-hybridized carbons (Fsp3) is 0.600. The van der Waals surface area contributed by atoms with Crippen molar-refractivity contribution < 1.29 is 19.8 Å². The quantitative estimate of drug-likeness (QED) is 0.482. The molecule has 2 saturated carbocycles. The van der Waals surface area contributed by atoms with Crippen LogP contribution in [0.5, 0.6) is 0 Å². The van der Waals surface area contributed by atoms with Gasteiger partial charge in [-0.3, -0.25) is 9.59 Å². The molecule has 0 radical (unpaired) electrons. The Kier molecular flexibility index (Phi) is 3.80. The summed E-state index contributed by atoms with van der Waals surface area (Å²) < 4.78 is 0. The van der Waals surface area contributed by atoms with Crippen molar-refractivity contribution in [2.45, 2.75) is 22.4 Å². The number of thioether (sulfide) groups is 1. The van der Waals surface area contributed by atoms with E-state index in [4.69, 9.17) is 16.6 Å². The first-order chi connectivity index (χ1) is 9.34. The maximum atomic E-state index is 11.3. The van der Waals surface area contributed by atoms with Gasteiger partial charge in [0.25, 0.3) is 0 Å². The van der Waals surface area contributed by atoms with Crippen LogP contribution in [-0.4, -0.2) is 48.1 Å². The summed E-state index contributed by atoms with van der Waals surface area (Å²) in [5.74, 6) is -3.52. The Labute approximate surface area is 129 Å². The Morgan fingerprint density at radius 2 is 2.10 bits per heavy atom. The van der Waals surface area contributed by atoms with E-state index in [1.165, 1.54) is 11.8 Å². The number of halogens is 1. The second-order valence-electron chi connectivity index (χ2n) is 5.18. The molecule has 0 aliphatic heterocycles. The Morgan fingerprint density at radius 1 is 1.43 bits per heavy atom. The molecular weight excluding hydrogens is 322 g/mol. The number of fused-ring (bicyclic) bond motifs is 1. The monoisotopic (exact) mass is 335 g/mol. The van der Waals surface area contributed by atoms with Crippen molar-refractivity contribution in [2.24, 2.45) is 23.5 Å². The third-order valence-electron chi connectivity index (χ3n) is 4.06. The molecule has 2 aliphatic rings. The van der Waals surface area contributed by atoms with Crippen LogP contribution in [0.2, 0.25) is 0 Å². The molecule has 0 aromatic carbocycles. The fourth-order valence-electron chi connectivity index (χ4n) is 3.18. The predicted octanol–water partition coefficient (Wildman–Crippen LogP) is -0.598. The highest BCUT2D eigenvalue weighted by Crippen LogP contribution is 2.65.